The minimum absolute atomic E-state index is 0.101. The molecule has 1 amide bonds. The van der Waals surface area contributed by atoms with Crippen LogP contribution < -0.4 is 0 Å². The molecule has 0 radical (unpaired) electrons. The summed E-state index contributed by atoms with van der Waals surface area (Å²) in [5.74, 6) is 0.101. The van der Waals surface area contributed by atoms with Crippen molar-refractivity contribution in [3.63, 3.8) is 0 Å². The zero-order valence-electron chi connectivity index (χ0n) is 11.4. The molecule has 0 bridgehead atoms. The summed E-state index contributed by atoms with van der Waals surface area (Å²) in [6.45, 7) is 4.14. The SMILES string of the molecule is CCCC1CN(C(=O)CC2(O)CCCC2)CCO1. The van der Waals surface area contributed by atoms with Crippen molar-refractivity contribution >= 4 is 5.91 Å². The maximum absolute atomic E-state index is 12.2. The zero-order chi connectivity index (χ0) is 13.0. The highest BCUT2D eigenvalue weighted by atomic mass is 16.5. The Labute approximate surface area is 109 Å². The van der Waals surface area contributed by atoms with Gasteiger partial charge in [0.15, 0.2) is 0 Å². The van der Waals surface area contributed by atoms with Gasteiger partial charge in [-0.05, 0) is 19.3 Å². The van der Waals surface area contributed by atoms with Crippen LogP contribution in [-0.4, -0.2) is 47.3 Å². The molecule has 18 heavy (non-hydrogen) atoms. The lowest BCUT2D eigenvalue weighted by atomic mass is 9.97. The number of ether oxygens (including phenoxy) is 1. The maximum atomic E-state index is 12.2. The summed E-state index contributed by atoms with van der Waals surface area (Å²) in [5, 5.41) is 10.3. The van der Waals surface area contributed by atoms with E-state index >= 15 is 0 Å². The molecule has 1 saturated heterocycles. The molecular weight excluding hydrogens is 230 g/mol. The molecule has 1 aliphatic heterocycles. The van der Waals surface area contributed by atoms with Gasteiger partial charge in [0.1, 0.15) is 0 Å². The van der Waals surface area contributed by atoms with Gasteiger partial charge in [-0.25, -0.2) is 0 Å². The van der Waals surface area contributed by atoms with Gasteiger partial charge in [-0.15, -0.1) is 0 Å². The molecule has 0 aromatic rings. The van der Waals surface area contributed by atoms with Gasteiger partial charge in [0.05, 0.1) is 24.7 Å². The Morgan fingerprint density at radius 2 is 2.17 bits per heavy atom. The first-order valence-electron chi connectivity index (χ1n) is 7.25. The number of carbonyl (C=O) groups is 1. The first-order chi connectivity index (χ1) is 8.63. The minimum Gasteiger partial charge on any atom is -0.389 e. The number of carbonyl (C=O) groups excluding carboxylic acids is 1. The highest BCUT2D eigenvalue weighted by molar-refractivity contribution is 5.77. The Balaban J connectivity index is 1.84. The van der Waals surface area contributed by atoms with E-state index in [2.05, 4.69) is 6.92 Å². The topological polar surface area (TPSA) is 49.8 Å². The van der Waals surface area contributed by atoms with Crippen molar-refractivity contribution in [2.45, 2.75) is 63.6 Å². The average molecular weight is 255 g/mol. The molecule has 4 nitrogen and oxygen atoms in total. The van der Waals surface area contributed by atoms with E-state index in [0.29, 0.717) is 26.1 Å². The maximum Gasteiger partial charge on any atom is 0.225 e. The van der Waals surface area contributed by atoms with Crippen LogP contribution in [0.5, 0.6) is 0 Å². The molecule has 0 aromatic carbocycles. The van der Waals surface area contributed by atoms with Crippen LogP contribution in [0.25, 0.3) is 0 Å². The molecule has 1 unspecified atom stereocenters. The Hall–Kier alpha value is -0.610. The van der Waals surface area contributed by atoms with Crippen molar-refractivity contribution in [3.8, 4) is 0 Å². The van der Waals surface area contributed by atoms with E-state index in [9.17, 15) is 9.90 Å². The third-order valence-corrected chi connectivity index (χ3v) is 4.12. The third kappa shape index (κ3) is 3.45. The van der Waals surface area contributed by atoms with E-state index in [4.69, 9.17) is 4.74 Å². The molecule has 0 aromatic heterocycles. The smallest absolute Gasteiger partial charge is 0.225 e. The monoisotopic (exact) mass is 255 g/mol. The number of aliphatic hydroxyl groups is 1. The number of nitrogens with zero attached hydrogens (tertiary/aromatic N) is 1. The van der Waals surface area contributed by atoms with E-state index in [1.165, 1.54) is 0 Å². The average Bonchev–Trinajstić information content (AvgIpc) is 2.76. The van der Waals surface area contributed by atoms with Gasteiger partial charge in [-0.2, -0.15) is 0 Å². The van der Waals surface area contributed by atoms with Gasteiger partial charge in [-0.1, -0.05) is 26.2 Å². The fourth-order valence-corrected chi connectivity index (χ4v) is 3.05. The Kier molecular flexibility index (Phi) is 4.62. The molecule has 0 spiro atoms. The Bertz CT molecular complexity index is 285. The quantitative estimate of drug-likeness (QED) is 0.832. The van der Waals surface area contributed by atoms with Crippen LogP contribution in [0.4, 0.5) is 0 Å². The summed E-state index contributed by atoms with van der Waals surface area (Å²) in [6, 6.07) is 0. The van der Waals surface area contributed by atoms with Crippen molar-refractivity contribution in [1.29, 1.82) is 0 Å². The largest absolute Gasteiger partial charge is 0.389 e. The van der Waals surface area contributed by atoms with Crippen LogP contribution in [0, 0.1) is 0 Å². The predicted octanol–water partition coefficient (Wildman–Crippen LogP) is 1.71. The van der Waals surface area contributed by atoms with E-state index in [-0.39, 0.29) is 12.0 Å². The van der Waals surface area contributed by atoms with Gasteiger partial charge in [0.25, 0.3) is 0 Å². The van der Waals surface area contributed by atoms with Crippen molar-refractivity contribution in [2.24, 2.45) is 0 Å². The second-order valence-corrected chi connectivity index (χ2v) is 5.73. The highest BCUT2D eigenvalue weighted by Gasteiger charge is 2.35. The lowest BCUT2D eigenvalue weighted by Gasteiger charge is -2.34. The van der Waals surface area contributed by atoms with Gasteiger partial charge >= 0.3 is 0 Å². The zero-order valence-corrected chi connectivity index (χ0v) is 11.4. The van der Waals surface area contributed by atoms with E-state index in [1.54, 1.807) is 0 Å². The Morgan fingerprint density at radius 1 is 1.44 bits per heavy atom. The fourth-order valence-electron chi connectivity index (χ4n) is 3.05. The highest BCUT2D eigenvalue weighted by Crippen LogP contribution is 2.33. The van der Waals surface area contributed by atoms with Gasteiger partial charge < -0.3 is 14.7 Å². The van der Waals surface area contributed by atoms with Crippen LogP contribution in [0.1, 0.15) is 51.9 Å². The normalized spacial score (nSPS) is 27.4. The molecule has 1 saturated carbocycles. The molecule has 2 fully saturated rings. The van der Waals surface area contributed by atoms with Crippen LogP contribution in [0.3, 0.4) is 0 Å². The Morgan fingerprint density at radius 3 is 2.83 bits per heavy atom. The molecule has 1 N–H and O–H groups in total. The van der Waals surface area contributed by atoms with Crippen molar-refractivity contribution in [2.75, 3.05) is 19.7 Å². The minimum atomic E-state index is -0.727. The fraction of sp³-hybridized carbons (Fsp3) is 0.929. The number of hydrogen-bond donors (Lipinski definition) is 1. The van der Waals surface area contributed by atoms with Crippen LogP contribution >= 0.6 is 0 Å². The molecule has 4 heteroatoms. The van der Waals surface area contributed by atoms with Crippen molar-refractivity contribution in [3.05, 3.63) is 0 Å². The second kappa shape index (κ2) is 6.02. The van der Waals surface area contributed by atoms with Crippen LogP contribution in [0.2, 0.25) is 0 Å². The summed E-state index contributed by atoms with van der Waals surface area (Å²) in [4.78, 5) is 14.1. The van der Waals surface area contributed by atoms with Gasteiger partial charge in [0, 0.05) is 13.1 Å². The van der Waals surface area contributed by atoms with E-state index in [1.807, 2.05) is 4.90 Å². The molecule has 2 aliphatic rings. The van der Waals surface area contributed by atoms with Crippen LogP contribution in [0.15, 0.2) is 0 Å². The standard InChI is InChI=1S/C14H25NO3/c1-2-5-12-11-15(8-9-18-12)13(16)10-14(17)6-3-4-7-14/h12,17H,2-11H2,1H3. The summed E-state index contributed by atoms with van der Waals surface area (Å²) < 4.78 is 5.64. The van der Waals surface area contributed by atoms with E-state index in [0.717, 1.165) is 38.5 Å². The molecule has 104 valence electrons. The summed E-state index contributed by atoms with van der Waals surface area (Å²) in [5.41, 5.74) is -0.727. The lowest BCUT2D eigenvalue weighted by Crippen LogP contribution is -2.47. The molecule has 1 atom stereocenters. The van der Waals surface area contributed by atoms with E-state index < -0.39 is 5.60 Å². The number of hydrogen-bond acceptors (Lipinski definition) is 3. The van der Waals surface area contributed by atoms with Crippen molar-refractivity contribution in [1.82, 2.24) is 4.90 Å². The van der Waals surface area contributed by atoms with Crippen molar-refractivity contribution < 1.29 is 14.6 Å². The van der Waals surface area contributed by atoms with Gasteiger partial charge in [0.2, 0.25) is 5.91 Å². The predicted molar refractivity (Wildman–Crippen MR) is 69.3 cm³/mol. The first kappa shape index (κ1) is 13.8. The second-order valence-electron chi connectivity index (χ2n) is 5.73. The summed E-state index contributed by atoms with van der Waals surface area (Å²) in [7, 11) is 0. The molecular formula is C14H25NO3. The number of rotatable bonds is 4. The molecule has 2 rings (SSSR count). The molecule has 1 heterocycles. The first-order valence-corrected chi connectivity index (χ1v) is 7.25. The summed E-state index contributed by atoms with van der Waals surface area (Å²) >= 11 is 0. The number of amides is 1. The van der Waals surface area contributed by atoms with Crippen LogP contribution in [-0.2, 0) is 9.53 Å². The third-order valence-electron chi connectivity index (χ3n) is 4.12. The number of morpholine rings is 1. The summed E-state index contributed by atoms with van der Waals surface area (Å²) in [6.07, 6.45) is 6.22. The lowest BCUT2D eigenvalue weighted by molar-refractivity contribution is -0.144. The molecule has 1 aliphatic carbocycles. The van der Waals surface area contributed by atoms with Gasteiger partial charge in [-0.3, -0.25) is 4.79 Å².